The first-order valence-electron chi connectivity index (χ1n) is 11.2. The second-order valence-corrected chi connectivity index (χ2v) is 10.1. The number of nitrogens with zero attached hydrogens (tertiary/aromatic N) is 2. The molecule has 0 amide bonds. The van der Waals surface area contributed by atoms with E-state index in [1.807, 2.05) is 18.2 Å². The lowest BCUT2D eigenvalue weighted by atomic mass is 9.50. The quantitative estimate of drug-likeness (QED) is 0.638. The fraction of sp³-hybridized carbons (Fsp3) is 0.538. The zero-order chi connectivity index (χ0) is 21.1. The summed E-state index contributed by atoms with van der Waals surface area (Å²) >= 11 is 0. The third kappa shape index (κ3) is 2.68. The Morgan fingerprint density at radius 3 is 2.73 bits per heavy atom. The summed E-state index contributed by atoms with van der Waals surface area (Å²) < 4.78 is 14.9. The van der Waals surface area contributed by atoms with Gasteiger partial charge in [0, 0.05) is 24.2 Å². The highest BCUT2D eigenvalue weighted by molar-refractivity contribution is 5.53. The van der Waals surface area contributed by atoms with Crippen LogP contribution in [0.25, 0.3) is 4.85 Å². The molecule has 3 aliphatic rings. The van der Waals surface area contributed by atoms with Gasteiger partial charge in [0.15, 0.2) is 0 Å². The van der Waals surface area contributed by atoms with Crippen LogP contribution in [-0.4, -0.2) is 15.7 Å². The number of fused-ring (bicyclic) bond motifs is 5. The van der Waals surface area contributed by atoms with Gasteiger partial charge in [-0.15, -0.1) is 0 Å². The molecule has 4 heteroatoms. The Bertz CT molecular complexity index is 1020. The van der Waals surface area contributed by atoms with Crippen LogP contribution in [0.3, 0.4) is 0 Å². The summed E-state index contributed by atoms with van der Waals surface area (Å²) in [6.45, 7) is 11.8. The summed E-state index contributed by atoms with van der Waals surface area (Å²) in [6.07, 6.45) is 8.74. The maximum absolute atomic E-state index is 14.9. The van der Waals surface area contributed by atoms with E-state index in [4.69, 9.17) is 6.57 Å². The summed E-state index contributed by atoms with van der Waals surface area (Å²) in [7, 11) is 0. The maximum Gasteiger partial charge on any atom is 0.222 e. The summed E-state index contributed by atoms with van der Waals surface area (Å²) in [6, 6.07) is 7.70. The minimum atomic E-state index is -0.711. The van der Waals surface area contributed by atoms with Gasteiger partial charge in [-0.3, -0.25) is 4.98 Å². The molecule has 0 radical (unpaired) electrons. The Morgan fingerprint density at radius 2 is 2.00 bits per heavy atom. The van der Waals surface area contributed by atoms with Gasteiger partial charge in [-0.05, 0) is 84.6 Å². The van der Waals surface area contributed by atoms with Crippen LogP contribution in [0.15, 0.2) is 36.7 Å². The fourth-order valence-electron chi connectivity index (χ4n) is 7.47. The molecule has 5 rings (SSSR count). The van der Waals surface area contributed by atoms with Crippen LogP contribution in [-0.2, 0) is 12.8 Å². The van der Waals surface area contributed by atoms with E-state index in [0.29, 0.717) is 36.5 Å². The van der Waals surface area contributed by atoms with E-state index >= 15 is 0 Å². The van der Waals surface area contributed by atoms with Gasteiger partial charge >= 0.3 is 0 Å². The van der Waals surface area contributed by atoms with Crippen molar-refractivity contribution >= 4 is 5.69 Å². The third-order valence-electron chi connectivity index (χ3n) is 8.80. The number of rotatable bonds is 2. The molecule has 156 valence electrons. The third-order valence-corrected chi connectivity index (χ3v) is 8.80. The Hall–Kier alpha value is -2.25. The Balaban J connectivity index is 1.51. The van der Waals surface area contributed by atoms with Crippen molar-refractivity contribution < 1.29 is 9.50 Å². The highest BCUT2D eigenvalue weighted by Gasteiger charge is 2.62. The number of pyridine rings is 1. The summed E-state index contributed by atoms with van der Waals surface area (Å²) in [4.78, 5) is 7.48. The molecule has 3 nitrogen and oxygen atoms in total. The molecule has 1 aromatic heterocycles. The molecule has 0 aliphatic heterocycles. The number of hydrogen-bond acceptors (Lipinski definition) is 2. The zero-order valence-electron chi connectivity index (χ0n) is 17.7. The van der Waals surface area contributed by atoms with Crippen molar-refractivity contribution in [1.82, 2.24) is 4.98 Å². The van der Waals surface area contributed by atoms with Crippen LogP contribution in [0.4, 0.5) is 10.1 Å². The molecular weight excluding hydrogens is 375 g/mol. The first-order chi connectivity index (χ1) is 14.4. The van der Waals surface area contributed by atoms with E-state index in [-0.39, 0.29) is 16.9 Å². The summed E-state index contributed by atoms with van der Waals surface area (Å²) in [5.74, 6) is 1.31. The molecule has 0 bridgehead atoms. The molecule has 2 fully saturated rings. The van der Waals surface area contributed by atoms with E-state index in [1.54, 1.807) is 18.5 Å². The minimum Gasteiger partial charge on any atom is -0.389 e. The van der Waals surface area contributed by atoms with Crippen LogP contribution >= 0.6 is 0 Å². The molecular formula is C26H29FN2O. The summed E-state index contributed by atoms with van der Waals surface area (Å²) in [5.41, 5.74) is 2.33. The number of aliphatic hydroxyl groups is 1. The van der Waals surface area contributed by atoms with Gasteiger partial charge in [0.25, 0.3) is 0 Å². The Morgan fingerprint density at radius 1 is 1.23 bits per heavy atom. The van der Waals surface area contributed by atoms with E-state index in [9.17, 15) is 9.50 Å². The molecule has 1 aromatic carbocycles. The van der Waals surface area contributed by atoms with Gasteiger partial charge in [0.1, 0.15) is 5.82 Å². The van der Waals surface area contributed by atoms with Crippen molar-refractivity contribution in [3.05, 3.63) is 70.6 Å². The molecule has 1 N–H and O–H groups in total. The van der Waals surface area contributed by atoms with Gasteiger partial charge in [0.2, 0.25) is 5.69 Å². The molecule has 2 saturated carbocycles. The van der Waals surface area contributed by atoms with E-state index in [1.165, 1.54) is 0 Å². The highest BCUT2D eigenvalue weighted by atomic mass is 19.1. The lowest BCUT2D eigenvalue weighted by molar-refractivity contribution is -0.115. The van der Waals surface area contributed by atoms with Crippen LogP contribution in [0, 0.1) is 35.6 Å². The van der Waals surface area contributed by atoms with Crippen molar-refractivity contribution in [1.29, 1.82) is 0 Å². The lowest BCUT2D eigenvalue weighted by Crippen LogP contribution is -2.54. The average molecular weight is 405 g/mol. The molecule has 2 aromatic rings. The van der Waals surface area contributed by atoms with Gasteiger partial charge < -0.3 is 5.11 Å². The predicted octanol–water partition coefficient (Wildman–Crippen LogP) is 5.85. The van der Waals surface area contributed by atoms with Crippen molar-refractivity contribution in [3.63, 3.8) is 0 Å². The van der Waals surface area contributed by atoms with Crippen LogP contribution in [0.2, 0.25) is 0 Å². The van der Waals surface area contributed by atoms with Crippen LogP contribution < -0.4 is 0 Å². The molecule has 6 atom stereocenters. The van der Waals surface area contributed by atoms with Gasteiger partial charge in [-0.25, -0.2) is 9.24 Å². The van der Waals surface area contributed by atoms with Crippen molar-refractivity contribution in [2.24, 2.45) is 23.2 Å². The first-order valence-corrected chi connectivity index (χ1v) is 11.2. The smallest absolute Gasteiger partial charge is 0.222 e. The topological polar surface area (TPSA) is 37.5 Å². The summed E-state index contributed by atoms with van der Waals surface area (Å²) in [5, 5.41) is 11.9. The van der Waals surface area contributed by atoms with Gasteiger partial charge in [-0.2, -0.15) is 0 Å². The number of halogens is 1. The molecule has 0 spiro atoms. The number of hydrogen-bond donors (Lipinski definition) is 1. The molecule has 30 heavy (non-hydrogen) atoms. The standard InChI is InChI=1S/C26H29FN2O/c1-16-14-25(2)21(8-11-26(25,30)15-17-9-12-29-13-10-17)20-5-4-19-18(23(16)20)6-7-22(28-3)24(19)27/h6-7,9-10,12-13,16,20-21,23,30H,4-5,8,11,14-15H2,1-2H3/t16-,20?,21?,23?,25-,26+/m0/s1. The first kappa shape index (κ1) is 19.7. The molecule has 3 aliphatic carbocycles. The van der Waals surface area contributed by atoms with Gasteiger partial charge in [0.05, 0.1) is 12.2 Å². The Kier molecular flexibility index (Phi) is 4.52. The second-order valence-electron chi connectivity index (χ2n) is 10.1. The predicted molar refractivity (Wildman–Crippen MR) is 115 cm³/mol. The normalized spacial score (nSPS) is 37.0. The largest absolute Gasteiger partial charge is 0.389 e. The van der Waals surface area contributed by atoms with Crippen molar-refractivity contribution in [2.45, 2.75) is 63.9 Å². The fourth-order valence-corrected chi connectivity index (χ4v) is 7.47. The number of benzene rings is 1. The molecule has 0 saturated heterocycles. The van der Waals surface area contributed by atoms with Crippen molar-refractivity contribution in [2.75, 3.05) is 0 Å². The van der Waals surface area contributed by atoms with Crippen molar-refractivity contribution in [3.8, 4) is 0 Å². The zero-order valence-corrected chi connectivity index (χ0v) is 17.7. The van der Waals surface area contributed by atoms with E-state index in [0.717, 1.165) is 42.4 Å². The molecule has 1 heterocycles. The maximum atomic E-state index is 14.9. The highest BCUT2D eigenvalue weighted by Crippen LogP contribution is 2.66. The minimum absolute atomic E-state index is 0.136. The number of aromatic nitrogens is 1. The lowest BCUT2D eigenvalue weighted by Gasteiger charge is -2.56. The van der Waals surface area contributed by atoms with Crippen LogP contribution in [0.1, 0.15) is 62.1 Å². The molecule has 3 unspecified atom stereocenters. The van der Waals surface area contributed by atoms with Gasteiger partial charge in [-0.1, -0.05) is 26.0 Å². The van der Waals surface area contributed by atoms with E-state index < -0.39 is 5.60 Å². The second kappa shape index (κ2) is 6.89. The van der Waals surface area contributed by atoms with Crippen LogP contribution in [0.5, 0.6) is 0 Å². The SMILES string of the molecule is [C-]#[N+]c1ccc2c(c1F)CCC1C2[C@@H](C)C[C@@]2(C)C1CC[C@@]2(O)Cc1ccncc1. The Labute approximate surface area is 178 Å². The monoisotopic (exact) mass is 404 g/mol. The average Bonchev–Trinajstić information content (AvgIpc) is 2.99. The van der Waals surface area contributed by atoms with E-state index in [2.05, 4.69) is 23.7 Å².